The minimum absolute atomic E-state index is 0.0428. The molecule has 2 unspecified atom stereocenters. The van der Waals surface area contributed by atoms with E-state index in [0.717, 1.165) is 41.9 Å². The van der Waals surface area contributed by atoms with E-state index in [0.29, 0.717) is 37.7 Å². The molecule has 0 N–H and O–H groups in total. The lowest BCUT2D eigenvalue weighted by Gasteiger charge is -2.33. The van der Waals surface area contributed by atoms with Crippen molar-refractivity contribution in [1.82, 2.24) is 14.5 Å². The van der Waals surface area contributed by atoms with Gasteiger partial charge in [0.1, 0.15) is 25.6 Å². The zero-order chi connectivity index (χ0) is 23.9. The number of aromatic nitrogens is 2. The number of likely N-dealkylation sites (tertiary alicyclic amines) is 1. The Bertz CT molecular complexity index is 1290. The highest BCUT2D eigenvalue weighted by Gasteiger charge is 2.36. The molecule has 3 aromatic rings. The summed E-state index contributed by atoms with van der Waals surface area (Å²) in [6.45, 7) is 4.72. The van der Waals surface area contributed by atoms with Gasteiger partial charge in [-0.25, -0.2) is 4.98 Å². The third-order valence-corrected chi connectivity index (χ3v) is 7.43. The van der Waals surface area contributed by atoms with Crippen LogP contribution in [-0.2, 0) is 16.1 Å². The largest absolute Gasteiger partial charge is 0.486 e. The number of carbonyl (C=O) groups is 2. The second kappa shape index (κ2) is 8.91. The standard InChI is InChI=1S/C27H30N4O4/c1-18-6-4-5-11-29(18)26(33)17-31-22-8-3-2-7-21(22)28-27(31)19-14-25(32)30(16-19)20-9-10-23-24(15-20)35-13-12-34-23/h2-3,7-10,15,18-19H,4-6,11-14,16-17H2,1H3. The lowest BCUT2D eigenvalue weighted by atomic mass is 10.0. The molecule has 2 amide bonds. The van der Waals surface area contributed by atoms with E-state index in [9.17, 15) is 9.59 Å². The predicted octanol–water partition coefficient (Wildman–Crippen LogP) is 3.73. The maximum absolute atomic E-state index is 13.3. The molecule has 8 heteroatoms. The topological polar surface area (TPSA) is 76.9 Å². The molecule has 0 bridgehead atoms. The highest BCUT2D eigenvalue weighted by atomic mass is 16.6. The quantitative estimate of drug-likeness (QED) is 0.576. The first-order chi connectivity index (χ1) is 17.1. The lowest BCUT2D eigenvalue weighted by molar-refractivity contribution is -0.135. The third kappa shape index (κ3) is 4.00. The van der Waals surface area contributed by atoms with Crippen LogP contribution in [0.5, 0.6) is 11.5 Å². The first-order valence-electron chi connectivity index (χ1n) is 12.5. The van der Waals surface area contributed by atoms with Crippen molar-refractivity contribution >= 4 is 28.5 Å². The molecular weight excluding hydrogens is 444 g/mol. The van der Waals surface area contributed by atoms with Crippen molar-refractivity contribution in [2.24, 2.45) is 0 Å². The Balaban J connectivity index is 1.30. The second-order valence-corrected chi connectivity index (χ2v) is 9.71. The fourth-order valence-electron chi connectivity index (χ4n) is 5.60. The van der Waals surface area contributed by atoms with Crippen molar-refractivity contribution in [2.45, 2.75) is 51.1 Å². The fraction of sp³-hybridized carbons (Fsp3) is 0.444. The molecule has 3 aliphatic heterocycles. The SMILES string of the molecule is CC1CCCCN1C(=O)Cn1c(C2CC(=O)N(c3ccc4c(c3)OCCO4)C2)nc2ccccc21. The summed E-state index contributed by atoms with van der Waals surface area (Å²) in [5.41, 5.74) is 2.58. The Morgan fingerprint density at radius 1 is 1.09 bits per heavy atom. The van der Waals surface area contributed by atoms with E-state index >= 15 is 0 Å². The summed E-state index contributed by atoms with van der Waals surface area (Å²) < 4.78 is 13.4. The molecule has 0 saturated carbocycles. The summed E-state index contributed by atoms with van der Waals surface area (Å²) in [7, 11) is 0. The van der Waals surface area contributed by atoms with Crippen LogP contribution in [0.2, 0.25) is 0 Å². The lowest BCUT2D eigenvalue weighted by Crippen LogP contribution is -2.43. The number of rotatable bonds is 4. The highest BCUT2D eigenvalue weighted by Crippen LogP contribution is 2.38. The molecule has 4 heterocycles. The molecule has 6 rings (SSSR count). The van der Waals surface area contributed by atoms with Crippen molar-refractivity contribution in [1.29, 1.82) is 0 Å². The number of ether oxygens (including phenoxy) is 2. The van der Waals surface area contributed by atoms with Crippen LogP contribution >= 0.6 is 0 Å². The summed E-state index contributed by atoms with van der Waals surface area (Å²) in [5.74, 6) is 2.23. The molecule has 2 fully saturated rings. The van der Waals surface area contributed by atoms with Crippen molar-refractivity contribution in [2.75, 3.05) is 31.2 Å². The van der Waals surface area contributed by atoms with Crippen LogP contribution in [-0.4, -0.2) is 58.6 Å². The van der Waals surface area contributed by atoms with Gasteiger partial charge in [0, 0.05) is 43.2 Å². The summed E-state index contributed by atoms with van der Waals surface area (Å²) in [5, 5.41) is 0. The number of benzene rings is 2. The van der Waals surface area contributed by atoms with Crippen molar-refractivity contribution in [3.63, 3.8) is 0 Å². The number of fused-ring (bicyclic) bond motifs is 2. The minimum Gasteiger partial charge on any atom is -0.486 e. The van der Waals surface area contributed by atoms with Gasteiger partial charge in [-0.2, -0.15) is 0 Å². The maximum Gasteiger partial charge on any atom is 0.242 e. The second-order valence-electron chi connectivity index (χ2n) is 9.71. The van der Waals surface area contributed by atoms with Gasteiger partial charge < -0.3 is 23.8 Å². The van der Waals surface area contributed by atoms with Crippen LogP contribution in [0.3, 0.4) is 0 Å². The number of piperidine rings is 1. The molecule has 2 saturated heterocycles. The molecular formula is C27H30N4O4. The monoisotopic (exact) mass is 474 g/mol. The van der Waals surface area contributed by atoms with Crippen LogP contribution in [0, 0.1) is 0 Å². The minimum atomic E-state index is -0.102. The van der Waals surface area contributed by atoms with Gasteiger partial charge in [-0.1, -0.05) is 12.1 Å². The van der Waals surface area contributed by atoms with Crippen molar-refractivity contribution in [3.8, 4) is 11.5 Å². The first kappa shape index (κ1) is 21.9. The average Bonchev–Trinajstić information content (AvgIpc) is 3.44. The average molecular weight is 475 g/mol. The van der Waals surface area contributed by atoms with Crippen molar-refractivity contribution < 1.29 is 19.1 Å². The number of hydrogen-bond acceptors (Lipinski definition) is 5. The van der Waals surface area contributed by atoms with Gasteiger partial charge in [0.25, 0.3) is 0 Å². The van der Waals surface area contributed by atoms with Crippen LogP contribution in [0.4, 0.5) is 5.69 Å². The van der Waals surface area contributed by atoms with Gasteiger partial charge in [-0.3, -0.25) is 9.59 Å². The van der Waals surface area contributed by atoms with Gasteiger partial charge in [-0.15, -0.1) is 0 Å². The third-order valence-electron chi connectivity index (χ3n) is 7.43. The summed E-state index contributed by atoms with van der Waals surface area (Å²) in [6, 6.07) is 13.8. The van der Waals surface area contributed by atoms with Gasteiger partial charge in [0.15, 0.2) is 11.5 Å². The first-order valence-corrected chi connectivity index (χ1v) is 12.5. The molecule has 0 radical (unpaired) electrons. The molecule has 2 aromatic carbocycles. The van der Waals surface area contributed by atoms with E-state index in [1.54, 1.807) is 4.90 Å². The normalized spacial score (nSPS) is 22.1. The molecule has 35 heavy (non-hydrogen) atoms. The van der Waals surface area contributed by atoms with E-state index in [1.807, 2.05) is 51.9 Å². The molecule has 8 nitrogen and oxygen atoms in total. The van der Waals surface area contributed by atoms with Crippen molar-refractivity contribution in [3.05, 3.63) is 48.3 Å². The number of hydrogen-bond donors (Lipinski definition) is 0. The summed E-state index contributed by atoms with van der Waals surface area (Å²) in [6.07, 6.45) is 3.62. The highest BCUT2D eigenvalue weighted by molar-refractivity contribution is 5.97. The van der Waals surface area contributed by atoms with E-state index in [4.69, 9.17) is 14.5 Å². The smallest absolute Gasteiger partial charge is 0.242 e. The van der Waals surface area contributed by atoms with E-state index in [-0.39, 0.29) is 30.3 Å². The molecule has 182 valence electrons. The van der Waals surface area contributed by atoms with E-state index in [1.165, 1.54) is 6.42 Å². The Hall–Kier alpha value is -3.55. The van der Waals surface area contributed by atoms with E-state index in [2.05, 4.69) is 6.92 Å². The van der Waals surface area contributed by atoms with Crippen LogP contribution < -0.4 is 14.4 Å². The Morgan fingerprint density at radius 2 is 1.91 bits per heavy atom. The fourth-order valence-corrected chi connectivity index (χ4v) is 5.60. The number of nitrogens with zero attached hydrogens (tertiary/aromatic N) is 4. The van der Waals surface area contributed by atoms with Gasteiger partial charge in [-0.05, 0) is 50.5 Å². The Labute approximate surface area is 204 Å². The number of anilines is 1. The molecule has 0 aliphatic carbocycles. The number of carbonyl (C=O) groups excluding carboxylic acids is 2. The Morgan fingerprint density at radius 3 is 2.77 bits per heavy atom. The molecule has 3 aliphatic rings. The van der Waals surface area contributed by atoms with Crippen LogP contribution in [0.1, 0.15) is 44.3 Å². The zero-order valence-electron chi connectivity index (χ0n) is 20.0. The molecule has 2 atom stereocenters. The predicted molar refractivity (Wildman–Crippen MR) is 132 cm³/mol. The summed E-state index contributed by atoms with van der Waals surface area (Å²) in [4.78, 5) is 35.2. The number of amides is 2. The van der Waals surface area contributed by atoms with Crippen LogP contribution in [0.15, 0.2) is 42.5 Å². The van der Waals surface area contributed by atoms with Gasteiger partial charge in [0.05, 0.1) is 11.0 Å². The Kier molecular flexibility index (Phi) is 5.59. The van der Waals surface area contributed by atoms with Gasteiger partial charge >= 0.3 is 0 Å². The maximum atomic E-state index is 13.3. The van der Waals surface area contributed by atoms with Gasteiger partial charge in [0.2, 0.25) is 11.8 Å². The number of imidazole rings is 1. The zero-order valence-corrected chi connectivity index (χ0v) is 20.0. The number of para-hydroxylation sites is 2. The van der Waals surface area contributed by atoms with Crippen LogP contribution in [0.25, 0.3) is 11.0 Å². The van der Waals surface area contributed by atoms with E-state index < -0.39 is 0 Å². The summed E-state index contributed by atoms with van der Waals surface area (Å²) >= 11 is 0. The molecule has 1 aromatic heterocycles. The molecule has 0 spiro atoms.